The Labute approximate surface area is 101 Å². The van der Waals surface area contributed by atoms with Crippen LogP contribution in [0, 0.1) is 5.41 Å². The predicted octanol–water partition coefficient (Wildman–Crippen LogP) is 1.39. The molecular formula is C13H29N3. The van der Waals surface area contributed by atoms with Gasteiger partial charge >= 0.3 is 0 Å². The molecule has 0 saturated carbocycles. The maximum Gasteiger partial charge on any atom is 0.0109 e. The zero-order chi connectivity index (χ0) is 12.0. The fourth-order valence-corrected chi connectivity index (χ4v) is 2.21. The molecule has 1 aliphatic rings. The molecule has 0 aromatic carbocycles. The van der Waals surface area contributed by atoms with E-state index in [0.29, 0.717) is 5.41 Å². The Kier molecular flexibility index (Phi) is 5.73. The molecule has 1 saturated heterocycles. The van der Waals surface area contributed by atoms with Crippen molar-refractivity contribution >= 4 is 0 Å². The lowest BCUT2D eigenvalue weighted by Gasteiger charge is -2.25. The molecule has 3 heteroatoms. The molecule has 0 aliphatic carbocycles. The normalized spacial score (nSPS) is 21.0. The van der Waals surface area contributed by atoms with Crippen molar-refractivity contribution in [3.05, 3.63) is 0 Å². The Morgan fingerprint density at radius 3 is 2.56 bits per heavy atom. The monoisotopic (exact) mass is 227 g/mol. The smallest absolute Gasteiger partial charge is 0.0109 e. The van der Waals surface area contributed by atoms with Crippen LogP contribution in [0.1, 0.15) is 33.1 Å². The summed E-state index contributed by atoms with van der Waals surface area (Å²) >= 11 is 0. The van der Waals surface area contributed by atoms with E-state index in [1.54, 1.807) is 0 Å². The van der Waals surface area contributed by atoms with Gasteiger partial charge < -0.3 is 15.5 Å². The summed E-state index contributed by atoms with van der Waals surface area (Å²) in [6.07, 6.45) is 3.85. The number of hydrogen-bond acceptors (Lipinski definition) is 3. The van der Waals surface area contributed by atoms with E-state index in [-0.39, 0.29) is 0 Å². The third kappa shape index (κ3) is 5.28. The fraction of sp³-hybridized carbons (Fsp3) is 1.00. The van der Waals surface area contributed by atoms with E-state index in [1.165, 1.54) is 52.0 Å². The van der Waals surface area contributed by atoms with Gasteiger partial charge in [-0.1, -0.05) is 13.8 Å². The van der Waals surface area contributed by atoms with Crippen molar-refractivity contribution in [2.24, 2.45) is 11.1 Å². The number of nitrogens with two attached hydrogens (primary N) is 1. The van der Waals surface area contributed by atoms with Gasteiger partial charge in [0, 0.05) is 13.1 Å². The van der Waals surface area contributed by atoms with Crippen LogP contribution in [0.2, 0.25) is 0 Å². The molecule has 0 radical (unpaired) electrons. The summed E-state index contributed by atoms with van der Waals surface area (Å²) in [5.41, 5.74) is 6.07. The fourth-order valence-electron chi connectivity index (χ4n) is 2.21. The highest BCUT2D eigenvalue weighted by molar-refractivity contribution is 4.72. The number of rotatable bonds is 5. The van der Waals surface area contributed by atoms with Crippen LogP contribution in [0.4, 0.5) is 0 Å². The average molecular weight is 227 g/mol. The molecule has 1 fully saturated rings. The second-order valence-electron chi connectivity index (χ2n) is 5.97. The second kappa shape index (κ2) is 6.58. The van der Waals surface area contributed by atoms with Gasteiger partial charge in [0.15, 0.2) is 0 Å². The topological polar surface area (TPSA) is 32.5 Å². The molecule has 0 spiro atoms. The van der Waals surface area contributed by atoms with Crippen molar-refractivity contribution in [2.45, 2.75) is 33.1 Å². The highest BCUT2D eigenvalue weighted by atomic mass is 15.2. The average Bonchev–Trinajstić information content (AvgIpc) is 2.44. The van der Waals surface area contributed by atoms with Gasteiger partial charge in [0.2, 0.25) is 0 Å². The SMILES string of the molecule is CN1CCCN(CCCC(C)(C)CN)CC1. The zero-order valence-electron chi connectivity index (χ0n) is 11.3. The lowest BCUT2D eigenvalue weighted by molar-refractivity contribution is 0.247. The minimum atomic E-state index is 0.322. The summed E-state index contributed by atoms with van der Waals surface area (Å²) < 4.78 is 0. The molecule has 96 valence electrons. The summed E-state index contributed by atoms with van der Waals surface area (Å²) in [6, 6.07) is 0. The van der Waals surface area contributed by atoms with Gasteiger partial charge in [0.05, 0.1) is 0 Å². The molecule has 0 amide bonds. The van der Waals surface area contributed by atoms with Gasteiger partial charge in [-0.05, 0) is 57.9 Å². The first-order valence-corrected chi connectivity index (χ1v) is 6.64. The highest BCUT2D eigenvalue weighted by Crippen LogP contribution is 2.20. The minimum absolute atomic E-state index is 0.322. The van der Waals surface area contributed by atoms with Gasteiger partial charge in [0.1, 0.15) is 0 Å². The Morgan fingerprint density at radius 1 is 1.12 bits per heavy atom. The lowest BCUT2D eigenvalue weighted by atomic mass is 9.88. The largest absolute Gasteiger partial charge is 0.330 e. The Balaban J connectivity index is 2.17. The number of nitrogens with zero attached hydrogens (tertiary/aromatic N) is 2. The third-order valence-electron chi connectivity index (χ3n) is 3.69. The van der Waals surface area contributed by atoms with Crippen LogP contribution >= 0.6 is 0 Å². The van der Waals surface area contributed by atoms with E-state index in [4.69, 9.17) is 5.73 Å². The van der Waals surface area contributed by atoms with Crippen LogP contribution in [0.25, 0.3) is 0 Å². The molecule has 1 heterocycles. The quantitative estimate of drug-likeness (QED) is 0.770. The van der Waals surface area contributed by atoms with E-state index >= 15 is 0 Å². The van der Waals surface area contributed by atoms with Crippen LogP contribution < -0.4 is 5.73 Å². The van der Waals surface area contributed by atoms with Gasteiger partial charge in [-0.15, -0.1) is 0 Å². The van der Waals surface area contributed by atoms with E-state index in [1.807, 2.05) is 0 Å². The molecule has 16 heavy (non-hydrogen) atoms. The molecule has 0 aromatic heterocycles. The van der Waals surface area contributed by atoms with Crippen LogP contribution in [0.15, 0.2) is 0 Å². The summed E-state index contributed by atoms with van der Waals surface area (Å²) in [5, 5.41) is 0. The Hall–Kier alpha value is -0.120. The minimum Gasteiger partial charge on any atom is -0.330 e. The van der Waals surface area contributed by atoms with E-state index in [2.05, 4.69) is 30.7 Å². The van der Waals surface area contributed by atoms with E-state index in [9.17, 15) is 0 Å². The van der Waals surface area contributed by atoms with Crippen molar-refractivity contribution in [1.82, 2.24) is 9.80 Å². The van der Waals surface area contributed by atoms with Crippen molar-refractivity contribution in [2.75, 3.05) is 46.3 Å². The van der Waals surface area contributed by atoms with Gasteiger partial charge in [0.25, 0.3) is 0 Å². The van der Waals surface area contributed by atoms with E-state index in [0.717, 1.165) is 6.54 Å². The summed E-state index contributed by atoms with van der Waals surface area (Å²) in [4.78, 5) is 5.04. The summed E-state index contributed by atoms with van der Waals surface area (Å²) in [5.74, 6) is 0. The van der Waals surface area contributed by atoms with Crippen LogP contribution in [-0.2, 0) is 0 Å². The van der Waals surface area contributed by atoms with Crippen molar-refractivity contribution in [1.29, 1.82) is 0 Å². The maximum absolute atomic E-state index is 5.75. The number of hydrogen-bond donors (Lipinski definition) is 1. The summed E-state index contributed by atoms with van der Waals surface area (Å²) in [7, 11) is 2.22. The zero-order valence-corrected chi connectivity index (χ0v) is 11.3. The molecule has 0 atom stereocenters. The molecule has 0 bridgehead atoms. The maximum atomic E-state index is 5.75. The Morgan fingerprint density at radius 2 is 1.88 bits per heavy atom. The molecule has 1 rings (SSSR count). The highest BCUT2D eigenvalue weighted by Gasteiger charge is 2.16. The van der Waals surface area contributed by atoms with Gasteiger partial charge in [-0.3, -0.25) is 0 Å². The first-order chi connectivity index (χ1) is 7.53. The summed E-state index contributed by atoms with van der Waals surface area (Å²) in [6.45, 7) is 11.6. The van der Waals surface area contributed by atoms with Crippen molar-refractivity contribution in [3.8, 4) is 0 Å². The van der Waals surface area contributed by atoms with Crippen LogP contribution in [0.5, 0.6) is 0 Å². The molecule has 0 aromatic rings. The molecule has 1 aliphatic heterocycles. The molecular weight excluding hydrogens is 198 g/mol. The standard InChI is InChI=1S/C13H29N3/c1-13(2,12-14)6-4-8-16-9-5-7-15(3)10-11-16/h4-12,14H2,1-3H3. The van der Waals surface area contributed by atoms with Crippen LogP contribution in [0.3, 0.4) is 0 Å². The Bertz CT molecular complexity index is 192. The van der Waals surface area contributed by atoms with E-state index < -0.39 is 0 Å². The molecule has 3 nitrogen and oxygen atoms in total. The predicted molar refractivity (Wildman–Crippen MR) is 70.6 cm³/mol. The van der Waals surface area contributed by atoms with Crippen molar-refractivity contribution < 1.29 is 0 Å². The first-order valence-electron chi connectivity index (χ1n) is 6.64. The second-order valence-corrected chi connectivity index (χ2v) is 5.97. The van der Waals surface area contributed by atoms with Crippen LogP contribution in [-0.4, -0.2) is 56.1 Å². The molecule has 0 unspecified atom stereocenters. The lowest BCUT2D eigenvalue weighted by Crippen LogP contribution is -2.31. The third-order valence-corrected chi connectivity index (χ3v) is 3.69. The van der Waals surface area contributed by atoms with Gasteiger partial charge in [-0.25, -0.2) is 0 Å². The first kappa shape index (κ1) is 13.9. The number of likely N-dealkylation sites (N-methyl/N-ethyl adjacent to an activating group) is 1. The van der Waals surface area contributed by atoms with Gasteiger partial charge in [-0.2, -0.15) is 0 Å². The molecule has 2 N–H and O–H groups in total. The van der Waals surface area contributed by atoms with Crippen molar-refractivity contribution in [3.63, 3.8) is 0 Å².